The van der Waals surface area contributed by atoms with Gasteiger partial charge >= 0.3 is 0 Å². The maximum atomic E-state index is 11.7. The Morgan fingerprint density at radius 1 is 1.50 bits per heavy atom. The summed E-state index contributed by atoms with van der Waals surface area (Å²) in [6.07, 6.45) is 0. The van der Waals surface area contributed by atoms with Gasteiger partial charge in [-0.1, -0.05) is 11.6 Å². The Morgan fingerprint density at radius 2 is 2.21 bits per heavy atom. The first-order valence-electron chi connectivity index (χ1n) is 4.28. The Kier molecular flexibility index (Phi) is 2.20. The Bertz CT molecular complexity index is 470. The van der Waals surface area contributed by atoms with Gasteiger partial charge in [-0.2, -0.15) is 0 Å². The zero-order chi connectivity index (χ0) is 10.3. The van der Waals surface area contributed by atoms with Crippen molar-refractivity contribution < 1.29 is 8.42 Å². The molecule has 0 spiro atoms. The number of sulfone groups is 1. The molecule has 3 nitrogen and oxygen atoms in total. The van der Waals surface area contributed by atoms with E-state index in [1.165, 1.54) is 6.07 Å². The molecular formula is C9H10ClNO2S. The lowest BCUT2D eigenvalue weighted by Crippen LogP contribution is -2.31. The summed E-state index contributed by atoms with van der Waals surface area (Å²) in [4.78, 5) is 0.308. The molecule has 0 saturated carbocycles. The van der Waals surface area contributed by atoms with Gasteiger partial charge in [0, 0.05) is 11.1 Å². The number of benzene rings is 1. The van der Waals surface area contributed by atoms with Crippen molar-refractivity contribution in [3.05, 3.63) is 23.2 Å². The molecule has 1 heterocycles. The zero-order valence-electron chi connectivity index (χ0n) is 7.62. The SMILES string of the molecule is CC1CS(=O)(=O)c2cc(Cl)ccc2N1. The van der Waals surface area contributed by atoms with Crippen LogP contribution in [0, 0.1) is 0 Å². The van der Waals surface area contributed by atoms with Gasteiger partial charge in [-0.3, -0.25) is 0 Å². The maximum absolute atomic E-state index is 11.7. The van der Waals surface area contributed by atoms with E-state index in [1.807, 2.05) is 6.92 Å². The fourth-order valence-electron chi connectivity index (χ4n) is 1.60. The van der Waals surface area contributed by atoms with Crippen molar-refractivity contribution in [2.45, 2.75) is 17.9 Å². The molecule has 2 rings (SSSR count). The Hall–Kier alpha value is -0.740. The average Bonchev–Trinajstić information content (AvgIpc) is 2.05. The van der Waals surface area contributed by atoms with E-state index >= 15 is 0 Å². The summed E-state index contributed by atoms with van der Waals surface area (Å²) in [5.41, 5.74) is 0.646. The molecule has 5 heteroatoms. The van der Waals surface area contributed by atoms with Crippen molar-refractivity contribution in [3.63, 3.8) is 0 Å². The zero-order valence-corrected chi connectivity index (χ0v) is 9.19. The molecule has 1 aliphatic heterocycles. The van der Waals surface area contributed by atoms with Crippen LogP contribution in [-0.4, -0.2) is 20.2 Å². The van der Waals surface area contributed by atoms with Crippen LogP contribution in [0.3, 0.4) is 0 Å². The highest BCUT2D eigenvalue weighted by molar-refractivity contribution is 7.91. The number of anilines is 1. The average molecular weight is 232 g/mol. The third-order valence-corrected chi connectivity index (χ3v) is 4.33. The molecule has 0 aliphatic carbocycles. The van der Waals surface area contributed by atoms with Crippen LogP contribution < -0.4 is 5.32 Å². The second-order valence-corrected chi connectivity index (χ2v) is 5.91. The van der Waals surface area contributed by atoms with Crippen molar-refractivity contribution in [2.24, 2.45) is 0 Å². The van der Waals surface area contributed by atoms with E-state index in [1.54, 1.807) is 12.1 Å². The first kappa shape index (κ1) is 9.80. The summed E-state index contributed by atoms with van der Waals surface area (Å²) in [6.45, 7) is 1.84. The first-order valence-corrected chi connectivity index (χ1v) is 6.31. The summed E-state index contributed by atoms with van der Waals surface area (Å²) in [7, 11) is -3.16. The van der Waals surface area contributed by atoms with Crippen molar-refractivity contribution >= 4 is 27.1 Å². The van der Waals surface area contributed by atoms with Gasteiger partial charge in [-0.25, -0.2) is 8.42 Å². The lowest BCUT2D eigenvalue weighted by Gasteiger charge is -2.24. The minimum absolute atomic E-state index is 0.0475. The van der Waals surface area contributed by atoms with E-state index in [9.17, 15) is 8.42 Å². The molecule has 0 fully saturated rings. The van der Waals surface area contributed by atoms with Gasteiger partial charge in [0.05, 0.1) is 16.3 Å². The molecule has 1 N–H and O–H groups in total. The van der Waals surface area contributed by atoms with E-state index < -0.39 is 9.84 Å². The molecule has 0 aromatic heterocycles. The van der Waals surface area contributed by atoms with Crippen molar-refractivity contribution in [1.29, 1.82) is 0 Å². The van der Waals surface area contributed by atoms with Gasteiger partial charge in [0.25, 0.3) is 0 Å². The minimum Gasteiger partial charge on any atom is -0.380 e. The third-order valence-electron chi connectivity index (χ3n) is 2.15. The fraction of sp³-hybridized carbons (Fsp3) is 0.333. The van der Waals surface area contributed by atoms with Crippen LogP contribution in [-0.2, 0) is 9.84 Å². The Morgan fingerprint density at radius 3 is 2.93 bits per heavy atom. The fourth-order valence-corrected chi connectivity index (χ4v) is 3.53. The maximum Gasteiger partial charge on any atom is 0.182 e. The lowest BCUT2D eigenvalue weighted by molar-refractivity contribution is 0.589. The lowest BCUT2D eigenvalue weighted by atomic mass is 10.3. The van der Waals surface area contributed by atoms with Crippen LogP contribution in [0.5, 0.6) is 0 Å². The quantitative estimate of drug-likeness (QED) is 0.742. The van der Waals surface area contributed by atoms with Gasteiger partial charge in [0.15, 0.2) is 9.84 Å². The smallest absolute Gasteiger partial charge is 0.182 e. The molecule has 1 aromatic rings. The number of fused-ring (bicyclic) bond motifs is 1. The number of hydrogen-bond acceptors (Lipinski definition) is 3. The van der Waals surface area contributed by atoms with Gasteiger partial charge < -0.3 is 5.32 Å². The van der Waals surface area contributed by atoms with Gasteiger partial charge in [0.2, 0.25) is 0 Å². The van der Waals surface area contributed by atoms with E-state index in [2.05, 4.69) is 5.32 Å². The predicted octanol–water partition coefficient (Wildman–Crippen LogP) is 1.93. The molecule has 1 aliphatic rings. The number of hydrogen-bond donors (Lipinski definition) is 1. The van der Waals surface area contributed by atoms with E-state index in [0.717, 1.165) is 0 Å². The van der Waals surface area contributed by atoms with Gasteiger partial charge in [-0.05, 0) is 25.1 Å². The molecule has 1 atom stereocenters. The van der Waals surface area contributed by atoms with Crippen LogP contribution in [0.25, 0.3) is 0 Å². The second kappa shape index (κ2) is 3.14. The van der Waals surface area contributed by atoms with Crippen LogP contribution in [0.2, 0.25) is 5.02 Å². The molecular weight excluding hydrogens is 222 g/mol. The Balaban J connectivity index is 2.65. The van der Waals surface area contributed by atoms with Crippen molar-refractivity contribution in [1.82, 2.24) is 0 Å². The molecule has 1 unspecified atom stereocenters. The highest BCUT2D eigenvalue weighted by atomic mass is 35.5. The molecule has 76 valence electrons. The van der Waals surface area contributed by atoms with Crippen LogP contribution in [0.15, 0.2) is 23.1 Å². The number of rotatable bonds is 0. The highest BCUT2D eigenvalue weighted by Crippen LogP contribution is 2.30. The van der Waals surface area contributed by atoms with Gasteiger partial charge in [0.1, 0.15) is 0 Å². The van der Waals surface area contributed by atoms with Crippen LogP contribution >= 0.6 is 11.6 Å². The first-order chi connectivity index (χ1) is 6.49. The molecule has 1 aromatic carbocycles. The highest BCUT2D eigenvalue weighted by Gasteiger charge is 2.27. The van der Waals surface area contributed by atoms with E-state index in [-0.39, 0.29) is 11.8 Å². The van der Waals surface area contributed by atoms with E-state index in [0.29, 0.717) is 15.6 Å². The predicted molar refractivity (Wildman–Crippen MR) is 56.6 cm³/mol. The number of nitrogens with one attached hydrogen (secondary N) is 1. The molecule has 14 heavy (non-hydrogen) atoms. The summed E-state index contributed by atoms with van der Waals surface area (Å²) in [5.74, 6) is 0.125. The Labute approximate surface area is 88.0 Å². The molecule has 0 amide bonds. The van der Waals surface area contributed by atoms with Crippen LogP contribution in [0.4, 0.5) is 5.69 Å². The summed E-state index contributed by atoms with van der Waals surface area (Å²) in [6, 6.07) is 4.82. The molecule has 0 saturated heterocycles. The molecule has 0 radical (unpaired) electrons. The van der Waals surface area contributed by atoms with E-state index in [4.69, 9.17) is 11.6 Å². The summed E-state index contributed by atoms with van der Waals surface area (Å²) < 4.78 is 23.5. The second-order valence-electron chi connectivity index (χ2n) is 3.47. The summed E-state index contributed by atoms with van der Waals surface area (Å²) in [5, 5.41) is 3.55. The van der Waals surface area contributed by atoms with Crippen molar-refractivity contribution in [3.8, 4) is 0 Å². The normalized spacial score (nSPS) is 23.7. The number of halogens is 1. The molecule has 0 bridgehead atoms. The summed E-state index contributed by atoms with van der Waals surface area (Å²) >= 11 is 5.75. The third kappa shape index (κ3) is 1.60. The van der Waals surface area contributed by atoms with Crippen LogP contribution in [0.1, 0.15) is 6.92 Å². The standard InChI is InChI=1S/C9H10ClNO2S/c1-6-5-14(12,13)9-4-7(10)2-3-8(9)11-6/h2-4,6,11H,5H2,1H3. The largest absolute Gasteiger partial charge is 0.380 e. The topological polar surface area (TPSA) is 46.2 Å². The monoisotopic (exact) mass is 231 g/mol. The minimum atomic E-state index is -3.16. The van der Waals surface area contributed by atoms with Gasteiger partial charge in [-0.15, -0.1) is 0 Å². The van der Waals surface area contributed by atoms with Crippen molar-refractivity contribution in [2.75, 3.05) is 11.1 Å².